The molecule has 5 nitrogen and oxygen atoms in total. The maximum absolute atomic E-state index is 12.3. The van der Waals surface area contributed by atoms with Gasteiger partial charge >= 0.3 is 12.0 Å². The molecule has 1 rings (SSSR count). The molecule has 16 heavy (non-hydrogen) atoms. The van der Waals surface area contributed by atoms with Gasteiger partial charge < -0.3 is 10.1 Å². The van der Waals surface area contributed by atoms with Crippen molar-refractivity contribution in [2.24, 2.45) is 0 Å². The first-order valence-electron chi connectivity index (χ1n) is 3.96. The van der Waals surface area contributed by atoms with Gasteiger partial charge in [0.15, 0.2) is 0 Å². The Morgan fingerprint density at radius 2 is 2.00 bits per heavy atom. The number of pyridine rings is 1. The molecule has 0 bridgehead atoms. The molecular weight excluding hydrogens is 229 g/mol. The second-order valence-corrected chi connectivity index (χ2v) is 2.91. The van der Waals surface area contributed by atoms with Crippen LogP contribution in [0.4, 0.5) is 19.0 Å². The van der Waals surface area contributed by atoms with E-state index in [0.717, 1.165) is 6.92 Å². The number of nitro groups is 1. The first-order chi connectivity index (χ1) is 7.21. The fourth-order valence-electron chi connectivity index (χ4n) is 0.954. The molecule has 0 saturated carbocycles. The molecule has 8 heteroatoms. The number of halogens is 3. The van der Waals surface area contributed by atoms with Crippen LogP contribution in [0.3, 0.4) is 0 Å². The van der Waals surface area contributed by atoms with Crippen molar-refractivity contribution in [3.63, 3.8) is 0 Å². The molecular formula is C8H5F3N2O3. The lowest BCUT2D eigenvalue weighted by molar-refractivity contribution is -0.389. The van der Waals surface area contributed by atoms with Crippen molar-refractivity contribution < 1.29 is 22.9 Å². The highest BCUT2D eigenvalue weighted by molar-refractivity contribution is 5.92. The van der Waals surface area contributed by atoms with Crippen LogP contribution in [-0.4, -0.2) is 15.7 Å². The number of nitrogens with zero attached hydrogens (tertiary/aromatic N) is 2. The van der Waals surface area contributed by atoms with Gasteiger partial charge in [-0.05, 0) is 9.91 Å². The molecule has 0 fully saturated rings. The summed E-state index contributed by atoms with van der Waals surface area (Å²) in [6.07, 6.45) is -4.75. The lowest BCUT2D eigenvalue weighted by atomic mass is 10.2. The summed E-state index contributed by atoms with van der Waals surface area (Å²) >= 11 is 0. The molecule has 1 aromatic heterocycles. The zero-order valence-corrected chi connectivity index (χ0v) is 7.91. The highest BCUT2D eigenvalue weighted by Crippen LogP contribution is 2.31. The van der Waals surface area contributed by atoms with Gasteiger partial charge in [0.2, 0.25) is 11.5 Å². The molecule has 0 aliphatic rings. The van der Waals surface area contributed by atoms with Gasteiger partial charge in [0.1, 0.15) is 0 Å². The molecule has 0 amide bonds. The Morgan fingerprint density at radius 3 is 2.38 bits per heavy atom. The number of hydrogen-bond donors (Lipinski definition) is 0. The fraction of sp³-hybridized carbons (Fsp3) is 0.250. The van der Waals surface area contributed by atoms with Gasteiger partial charge in [-0.2, -0.15) is 13.2 Å². The minimum Gasteiger partial charge on any atom is -0.358 e. The number of alkyl halides is 3. The predicted molar refractivity (Wildman–Crippen MR) is 45.9 cm³/mol. The molecule has 1 heterocycles. The van der Waals surface area contributed by atoms with Crippen LogP contribution in [-0.2, 0) is 6.18 Å². The van der Waals surface area contributed by atoms with Crippen molar-refractivity contribution in [1.82, 2.24) is 4.98 Å². The lowest BCUT2D eigenvalue weighted by Gasteiger charge is -2.05. The van der Waals surface area contributed by atoms with E-state index in [1.54, 1.807) is 0 Å². The number of carbonyl (C=O) groups is 1. The van der Waals surface area contributed by atoms with E-state index in [4.69, 9.17) is 0 Å². The largest absolute Gasteiger partial charge is 0.416 e. The van der Waals surface area contributed by atoms with E-state index in [9.17, 15) is 28.1 Å². The van der Waals surface area contributed by atoms with E-state index >= 15 is 0 Å². The summed E-state index contributed by atoms with van der Waals surface area (Å²) < 4.78 is 36.9. The van der Waals surface area contributed by atoms with E-state index in [1.165, 1.54) is 0 Å². The monoisotopic (exact) mass is 234 g/mol. The molecule has 86 valence electrons. The zero-order valence-electron chi connectivity index (χ0n) is 7.91. The van der Waals surface area contributed by atoms with Gasteiger partial charge in [-0.25, -0.2) is 0 Å². The first kappa shape index (κ1) is 12.1. The quantitative estimate of drug-likeness (QED) is 0.446. The van der Waals surface area contributed by atoms with Crippen LogP contribution < -0.4 is 0 Å². The van der Waals surface area contributed by atoms with Gasteiger partial charge in [0.05, 0.1) is 5.56 Å². The minimum absolute atomic E-state index is 0.284. The standard InChI is InChI=1S/C8H5F3N2O3/c1-4(14)6-2-5(8(9,10)11)3-7(12-6)13(15)16/h2-3H,1H3. The molecule has 0 aromatic carbocycles. The van der Waals surface area contributed by atoms with Crippen molar-refractivity contribution in [2.45, 2.75) is 13.1 Å². The van der Waals surface area contributed by atoms with Crippen LogP contribution in [0.15, 0.2) is 12.1 Å². The lowest BCUT2D eigenvalue weighted by Crippen LogP contribution is -2.10. The van der Waals surface area contributed by atoms with Crippen LogP contribution in [0.1, 0.15) is 23.0 Å². The van der Waals surface area contributed by atoms with Gasteiger partial charge in [-0.15, -0.1) is 0 Å². The zero-order chi connectivity index (χ0) is 12.5. The third-order valence-electron chi connectivity index (χ3n) is 1.69. The second-order valence-electron chi connectivity index (χ2n) is 2.91. The molecule has 0 unspecified atom stereocenters. The summed E-state index contributed by atoms with van der Waals surface area (Å²) in [6.45, 7) is 0.978. The summed E-state index contributed by atoms with van der Waals surface area (Å²) in [6, 6.07) is 0.766. The van der Waals surface area contributed by atoms with Gasteiger partial charge in [-0.1, -0.05) is 0 Å². The Bertz CT molecular complexity index is 424. The summed E-state index contributed by atoms with van der Waals surface area (Å²) in [5.41, 5.74) is -1.85. The average Bonchev–Trinajstić information content (AvgIpc) is 2.15. The Hall–Kier alpha value is -1.99. The minimum atomic E-state index is -4.75. The molecule has 0 spiro atoms. The van der Waals surface area contributed by atoms with Crippen LogP contribution in [0.5, 0.6) is 0 Å². The van der Waals surface area contributed by atoms with Crippen molar-refractivity contribution in [2.75, 3.05) is 0 Å². The second kappa shape index (κ2) is 3.87. The number of aromatic nitrogens is 1. The summed E-state index contributed by atoms with van der Waals surface area (Å²) in [4.78, 5) is 23.3. The van der Waals surface area contributed by atoms with Crippen molar-refractivity contribution in [3.8, 4) is 0 Å². The summed E-state index contributed by atoms with van der Waals surface area (Å²) in [7, 11) is 0. The third-order valence-corrected chi connectivity index (χ3v) is 1.69. The summed E-state index contributed by atoms with van der Waals surface area (Å²) in [5.74, 6) is -1.77. The molecule has 0 atom stereocenters. The van der Waals surface area contributed by atoms with Crippen LogP contribution in [0.25, 0.3) is 0 Å². The maximum Gasteiger partial charge on any atom is 0.416 e. The fourth-order valence-corrected chi connectivity index (χ4v) is 0.954. The third kappa shape index (κ3) is 2.53. The Kier molecular flexibility index (Phi) is 2.92. The predicted octanol–water partition coefficient (Wildman–Crippen LogP) is 2.21. The summed E-state index contributed by atoms with van der Waals surface area (Å²) in [5, 5.41) is 10.3. The molecule has 0 aliphatic carbocycles. The van der Waals surface area contributed by atoms with Gasteiger partial charge in [0.25, 0.3) is 0 Å². The van der Waals surface area contributed by atoms with Gasteiger partial charge in [0, 0.05) is 19.1 Å². The Labute approximate surface area is 87.1 Å². The molecule has 0 saturated heterocycles. The van der Waals surface area contributed by atoms with Crippen molar-refractivity contribution in [3.05, 3.63) is 33.5 Å². The van der Waals surface area contributed by atoms with Crippen molar-refractivity contribution in [1.29, 1.82) is 0 Å². The number of hydrogen-bond acceptors (Lipinski definition) is 4. The smallest absolute Gasteiger partial charge is 0.358 e. The molecule has 0 N–H and O–H groups in total. The van der Waals surface area contributed by atoms with Crippen LogP contribution in [0, 0.1) is 10.1 Å². The van der Waals surface area contributed by atoms with E-state index in [2.05, 4.69) is 4.98 Å². The number of carbonyl (C=O) groups excluding carboxylic acids is 1. The van der Waals surface area contributed by atoms with Crippen LogP contribution >= 0.6 is 0 Å². The normalized spacial score (nSPS) is 11.2. The Morgan fingerprint density at radius 1 is 1.44 bits per heavy atom. The van der Waals surface area contributed by atoms with Crippen molar-refractivity contribution >= 4 is 11.6 Å². The number of ketones is 1. The number of Topliss-reactive ketones (excluding diaryl/α,β-unsaturated/α-hetero) is 1. The van der Waals surface area contributed by atoms with E-state index in [1.807, 2.05) is 0 Å². The highest BCUT2D eigenvalue weighted by Gasteiger charge is 2.34. The topological polar surface area (TPSA) is 73.1 Å². The van der Waals surface area contributed by atoms with E-state index in [-0.39, 0.29) is 6.07 Å². The average molecular weight is 234 g/mol. The molecule has 0 radical (unpaired) electrons. The van der Waals surface area contributed by atoms with Crippen LogP contribution in [0.2, 0.25) is 0 Å². The molecule has 0 aliphatic heterocycles. The first-order valence-corrected chi connectivity index (χ1v) is 3.96. The Balaban J connectivity index is 3.42. The maximum atomic E-state index is 12.3. The molecule has 1 aromatic rings. The van der Waals surface area contributed by atoms with E-state index < -0.39 is 34.0 Å². The number of rotatable bonds is 2. The van der Waals surface area contributed by atoms with Gasteiger partial charge in [-0.3, -0.25) is 4.79 Å². The SMILES string of the molecule is CC(=O)c1cc(C(F)(F)F)cc([N+](=O)[O-])n1. The van der Waals surface area contributed by atoms with E-state index in [0.29, 0.717) is 6.07 Å². The highest BCUT2D eigenvalue weighted by atomic mass is 19.4.